The molecule has 0 spiro atoms. The molecule has 2 aromatic rings. The van der Waals surface area contributed by atoms with E-state index in [2.05, 4.69) is 32.7 Å². The van der Waals surface area contributed by atoms with Gasteiger partial charge in [0.25, 0.3) is 0 Å². The molecule has 2 atom stereocenters. The summed E-state index contributed by atoms with van der Waals surface area (Å²) in [6.45, 7) is 2.91. The predicted octanol–water partition coefficient (Wildman–Crippen LogP) is 4.32. The molecule has 5 nitrogen and oxygen atoms in total. The van der Waals surface area contributed by atoms with Crippen LogP contribution in [0, 0.1) is 11.7 Å². The van der Waals surface area contributed by atoms with E-state index in [1.807, 2.05) is 5.38 Å². The van der Waals surface area contributed by atoms with Crippen molar-refractivity contribution >= 4 is 39.1 Å². The molecule has 8 heteroatoms. The summed E-state index contributed by atoms with van der Waals surface area (Å²) in [6, 6.07) is 3.84. The number of ether oxygens (including phenoxy) is 1. The summed E-state index contributed by atoms with van der Waals surface area (Å²) in [4.78, 5) is 24.1. The van der Waals surface area contributed by atoms with Crippen LogP contribution in [0.1, 0.15) is 30.0 Å². The first-order chi connectivity index (χ1) is 13.0. The molecular formula is C19H17BrFN3O2S. The third-order valence-electron chi connectivity index (χ3n) is 4.74. The zero-order valence-electron chi connectivity index (χ0n) is 14.8. The largest absolute Gasteiger partial charge is 0.466 e. The molecule has 0 aliphatic carbocycles. The van der Waals surface area contributed by atoms with E-state index in [0.717, 1.165) is 35.1 Å². The number of amidine groups is 1. The summed E-state index contributed by atoms with van der Waals surface area (Å²) in [5.74, 6) is 0.361. The number of carbonyl (C=O) groups excluding carboxylic acids is 1. The number of thiazole rings is 1. The highest BCUT2D eigenvalue weighted by Crippen LogP contribution is 2.43. The zero-order valence-corrected chi connectivity index (χ0v) is 17.2. The number of methoxy groups -OCH3 is 1. The van der Waals surface area contributed by atoms with Gasteiger partial charge in [0.05, 0.1) is 12.7 Å². The lowest BCUT2D eigenvalue weighted by atomic mass is 9.94. The number of carbonyl (C=O) groups is 1. The van der Waals surface area contributed by atoms with E-state index in [-0.39, 0.29) is 5.82 Å². The fourth-order valence-electron chi connectivity index (χ4n) is 3.60. The Labute approximate surface area is 168 Å². The molecule has 0 amide bonds. The molecule has 1 aromatic carbocycles. The van der Waals surface area contributed by atoms with Crippen LogP contribution in [0.25, 0.3) is 0 Å². The number of benzene rings is 1. The lowest BCUT2D eigenvalue weighted by Crippen LogP contribution is -2.35. The van der Waals surface area contributed by atoms with Gasteiger partial charge in [-0.1, -0.05) is 28.9 Å². The van der Waals surface area contributed by atoms with E-state index in [0.29, 0.717) is 16.0 Å². The summed E-state index contributed by atoms with van der Waals surface area (Å²) in [5, 5.41) is 2.70. The number of aromatic nitrogens is 1. The number of allylic oxidation sites excluding steroid dienone is 1. The minimum atomic E-state index is -0.581. The van der Waals surface area contributed by atoms with Crippen molar-refractivity contribution in [2.24, 2.45) is 10.9 Å². The number of rotatable bonds is 3. The van der Waals surface area contributed by atoms with Gasteiger partial charge >= 0.3 is 5.97 Å². The highest BCUT2D eigenvalue weighted by molar-refractivity contribution is 9.10. The normalized spacial score (nSPS) is 21.9. The maximum Gasteiger partial charge on any atom is 0.338 e. The fourth-order valence-corrected chi connectivity index (χ4v) is 4.81. The van der Waals surface area contributed by atoms with Crippen LogP contribution in [-0.2, 0) is 9.53 Å². The molecule has 4 rings (SSSR count). The highest BCUT2D eigenvalue weighted by Gasteiger charge is 2.41. The minimum absolute atomic E-state index is 0.353. The molecule has 27 heavy (non-hydrogen) atoms. The fraction of sp³-hybridized carbons (Fsp3) is 0.316. The van der Waals surface area contributed by atoms with E-state index in [1.165, 1.54) is 30.6 Å². The van der Waals surface area contributed by atoms with Crippen LogP contribution in [0.15, 0.2) is 50.5 Å². The first-order valence-electron chi connectivity index (χ1n) is 8.51. The number of halogens is 2. The van der Waals surface area contributed by atoms with Crippen molar-refractivity contribution in [2.75, 3.05) is 13.7 Å². The molecule has 1 saturated heterocycles. The monoisotopic (exact) mass is 449 g/mol. The van der Waals surface area contributed by atoms with Crippen molar-refractivity contribution in [1.29, 1.82) is 0 Å². The zero-order chi connectivity index (χ0) is 19.1. The first-order valence-corrected chi connectivity index (χ1v) is 10.2. The van der Waals surface area contributed by atoms with Crippen molar-refractivity contribution < 1.29 is 13.9 Å². The Kier molecular flexibility index (Phi) is 4.86. The van der Waals surface area contributed by atoms with Crippen LogP contribution in [0.5, 0.6) is 0 Å². The summed E-state index contributed by atoms with van der Waals surface area (Å²) < 4.78 is 19.3. The van der Waals surface area contributed by atoms with Crippen LogP contribution in [0.3, 0.4) is 0 Å². The Balaban J connectivity index is 1.93. The average molecular weight is 450 g/mol. The Morgan fingerprint density at radius 2 is 2.26 bits per heavy atom. The molecule has 0 bridgehead atoms. The van der Waals surface area contributed by atoms with Crippen LogP contribution >= 0.6 is 27.3 Å². The van der Waals surface area contributed by atoms with E-state index in [1.54, 1.807) is 12.3 Å². The van der Waals surface area contributed by atoms with Gasteiger partial charge < -0.3 is 9.64 Å². The molecule has 0 N–H and O–H groups in total. The third kappa shape index (κ3) is 3.21. The van der Waals surface area contributed by atoms with Gasteiger partial charge in [0.1, 0.15) is 11.9 Å². The predicted molar refractivity (Wildman–Crippen MR) is 105 cm³/mol. The standard InChI is InChI=1S/C19H17BrFN3O2S/c1-10-7-14-15(19(25)26-2)16(12-4-3-11(21)8-13(12)20)23-17(24(14)9-10)18-22-5-6-27-18/h3-6,8,10,16H,7,9H2,1-2H3/t10-,16?/m1/s1. The first kappa shape index (κ1) is 18.3. The molecule has 140 valence electrons. The van der Waals surface area contributed by atoms with Gasteiger partial charge in [0, 0.05) is 28.3 Å². The molecule has 3 heterocycles. The number of hydrogen-bond acceptors (Lipinski definition) is 6. The molecule has 1 fully saturated rings. The third-order valence-corrected chi connectivity index (χ3v) is 6.20. The van der Waals surface area contributed by atoms with Crippen molar-refractivity contribution in [3.8, 4) is 0 Å². The molecule has 2 aliphatic heterocycles. The van der Waals surface area contributed by atoms with Crippen molar-refractivity contribution in [1.82, 2.24) is 9.88 Å². The smallest absolute Gasteiger partial charge is 0.338 e. The maximum absolute atomic E-state index is 13.6. The Morgan fingerprint density at radius 3 is 2.93 bits per heavy atom. The van der Waals surface area contributed by atoms with Crippen LogP contribution in [-0.4, -0.2) is 35.3 Å². The number of fused-ring (bicyclic) bond motifs is 1. The van der Waals surface area contributed by atoms with Crippen LogP contribution < -0.4 is 0 Å². The van der Waals surface area contributed by atoms with Gasteiger partial charge in [-0.15, -0.1) is 11.3 Å². The summed E-state index contributed by atoms with van der Waals surface area (Å²) in [5.41, 5.74) is 2.14. The Bertz CT molecular complexity index is 958. The Hall–Kier alpha value is -2.06. The topological polar surface area (TPSA) is 54.8 Å². The second kappa shape index (κ2) is 7.16. The summed E-state index contributed by atoms with van der Waals surface area (Å²) >= 11 is 4.93. The molecule has 1 aromatic heterocycles. The Morgan fingerprint density at radius 1 is 1.44 bits per heavy atom. The SMILES string of the molecule is COC(=O)C1=C2C[C@@H](C)CN2C(c2nccs2)=NC1c1ccc(F)cc1Br. The van der Waals surface area contributed by atoms with Crippen molar-refractivity contribution in [2.45, 2.75) is 19.4 Å². The van der Waals surface area contributed by atoms with Gasteiger partial charge in [-0.3, -0.25) is 4.99 Å². The summed E-state index contributed by atoms with van der Waals surface area (Å²) in [7, 11) is 1.37. The number of hydrogen-bond donors (Lipinski definition) is 0. The number of aliphatic imine (C=N–C) groups is 1. The van der Waals surface area contributed by atoms with Crippen LogP contribution in [0.2, 0.25) is 0 Å². The van der Waals surface area contributed by atoms with Gasteiger partial charge in [-0.25, -0.2) is 14.2 Å². The molecule has 2 aliphatic rings. The lowest BCUT2D eigenvalue weighted by molar-refractivity contribution is -0.136. The molecule has 0 saturated carbocycles. The van der Waals surface area contributed by atoms with Crippen LogP contribution in [0.4, 0.5) is 4.39 Å². The molecule has 1 unspecified atom stereocenters. The van der Waals surface area contributed by atoms with E-state index in [9.17, 15) is 9.18 Å². The van der Waals surface area contributed by atoms with E-state index < -0.39 is 12.0 Å². The minimum Gasteiger partial charge on any atom is -0.466 e. The van der Waals surface area contributed by atoms with Gasteiger partial charge in [0.15, 0.2) is 10.8 Å². The van der Waals surface area contributed by atoms with Gasteiger partial charge in [-0.2, -0.15) is 0 Å². The molecular weight excluding hydrogens is 433 g/mol. The second-order valence-corrected chi connectivity index (χ2v) is 8.38. The van der Waals surface area contributed by atoms with Gasteiger partial charge in [0.2, 0.25) is 0 Å². The average Bonchev–Trinajstić information content (AvgIpc) is 3.29. The van der Waals surface area contributed by atoms with Crippen molar-refractivity contribution in [3.05, 3.63) is 61.9 Å². The van der Waals surface area contributed by atoms with E-state index in [4.69, 9.17) is 9.73 Å². The summed E-state index contributed by atoms with van der Waals surface area (Å²) in [6.07, 6.45) is 2.49. The number of nitrogens with zero attached hydrogens (tertiary/aromatic N) is 3. The maximum atomic E-state index is 13.6. The van der Waals surface area contributed by atoms with Crippen molar-refractivity contribution in [3.63, 3.8) is 0 Å². The highest BCUT2D eigenvalue weighted by atomic mass is 79.9. The quantitative estimate of drug-likeness (QED) is 0.654. The second-order valence-electron chi connectivity index (χ2n) is 6.63. The lowest BCUT2D eigenvalue weighted by Gasteiger charge is -2.31. The molecule has 0 radical (unpaired) electrons. The van der Waals surface area contributed by atoms with Gasteiger partial charge in [-0.05, 0) is 30.0 Å². The van der Waals surface area contributed by atoms with E-state index >= 15 is 0 Å². The number of esters is 1.